The predicted molar refractivity (Wildman–Crippen MR) is 135 cm³/mol. The number of carboxylic acid groups (broad SMARTS) is 1. The number of carboxylic acids is 1. The van der Waals surface area contributed by atoms with E-state index in [9.17, 15) is 19.5 Å². The van der Waals surface area contributed by atoms with Crippen molar-refractivity contribution in [1.29, 1.82) is 0 Å². The van der Waals surface area contributed by atoms with Gasteiger partial charge in [-0.15, -0.1) is 11.8 Å². The van der Waals surface area contributed by atoms with E-state index in [-0.39, 0.29) is 17.4 Å². The largest absolute Gasteiger partial charge is 0.481 e. The van der Waals surface area contributed by atoms with Crippen LogP contribution in [0.1, 0.15) is 23.2 Å². The van der Waals surface area contributed by atoms with Crippen LogP contribution in [0.5, 0.6) is 0 Å². The third-order valence-electron chi connectivity index (χ3n) is 5.87. The highest BCUT2D eigenvalue weighted by molar-refractivity contribution is 8.00. The molecule has 0 radical (unpaired) electrons. The number of thioether (sulfide) groups is 1. The van der Waals surface area contributed by atoms with Crippen LogP contribution in [0.2, 0.25) is 0 Å². The fourth-order valence-electron chi connectivity index (χ4n) is 3.99. The monoisotopic (exact) mass is 471 g/mol. The van der Waals surface area contributed by atoms with Gasteiger partial charge in [-0.05, 0) is 42.2 Å². The number of carbonyl (C=O) groups excluding carboxylic acids is 2. The first-order chi connectivity index (χ1) is 16.5. The minimum atomic E-state index is -0.955. The van der Waals surface area contributed by atoms with Gasteiger partial charge in [0.15, 0.2) is 5.78 Å². The molecule has 2 atom stereocenters. The van der Waals surface area contributed by atoms with Gasteiger partial charge in [0.25, 0.3) is 0 Å². The van der Waals surface area contributed by atoms with Gasteiger partial charge in [0.1, 0.15) is 0 Å². The van der Waals surface area contributed by atoms with Crippen LogP contribution in [0.4, 0.5) is 5.69 Å². The van der Waals surface area contributed by atoms with Crippen molar-refractivity contribution in [2.24, 2.45) is 11.8 Å². The van der Waals surface area contributed by atoms with Crippen molar-refractivity contribution in [3.8, 4) is 11.1 Å². The summed E-state index contributed by atoms with van der Waals surface area (Å²) in [7, 11) is 0. The third kappa shape index (κ3) is 5.83. The Bertz CT molecular complexity index is 1200. The lowest BCUT2D eigenvalue weighted by Crippen LogP contribution is -2.34. The van der Waals surface area contributed by atoms with Gasteiger partial charge in [-0.3, -0.25) is 14.4 Å². The summed E-state index contributed by atoms with van der Waals surface area (Å²) in [6.07, 6.45) is 4.44. The number of nitrogens with one attached hydrogen (secondary N) is 1. The first-order valence-corrected chi connectivity index (χ1v) is 12.1. The molecule has 0 heterocycles. The second-order valence-electron chi connectivity index (χ2n) is 8.17. The Morgan fingerprint density at radius 2 is 1.50 bits per heavy atom. The van der Waals surface area contributed by atoms with Crippen LogP contribution in [0.3, 0.4) is 0 Å². The topological polar surface area (TPSA) is 83.5 Å². The molecule has 2 unspecified atom stereocenters. The lowest BCUT2D eigenvalue weighted by molar-refractivity contribution is -0.146. The predicted octanol–water partition coefficient (Wildman–Crippen LogP) is 5.93. The zero-order chi connectivity index (χ0) is 23.9. The Morgan fingerprint density at radius 1 is 0.824 bits per heavy atom. The van der Waals surface area contributed by atoms with Gasteiger partial charge < -0.3 is 10.4 Å². The standard InChI is InChI=1S/C28H25NO4S/c30-26(21-15-13-20(14-16-21)19-7-2-1-3-8-19)18-34-23-10-6-9-22(17-23)29-27(31)24-11-4-5-12-25(24)28(32)33/h1-10,13-17,24-25H,11-12,18H2,(H,29,31)(H,32,33). The number of benzene rings is 3. The Hall–Kier alpha value is -3.64. The highest BCUT2D eigenvalue weighted by atomic mass is 32.2. The Balaban J connectivity index is 1.35. The number of amides is 1. The highest BCUT2D eigenvalue weighted by Gasteiger charge is 2.33. The van der Waals surface area contributed by atoms with Gasteiger partial charge >= 0.3 is 5.97 Å². The Labute approximate surface area is 202 Å². The molecule has 6 heteroatoms. The Morgan fingerprint density at radius 3 is 2.21 bits per heavy atom. The number of allylic oxidation sites excluding steroid dienone is 2. The minimum absolute atomic E-state index is 0.0253. The van der Waals surface area contributed by atoms with Crippen LogP contribution in [-0.2, 0) is 9.59 Å². The maximum atomic E-state index is 12.7. The van der Waals surface area contributed by atoms with Gasteiger partial charge in [0.05, 0.1) is 17.6 Å². The van der Waals surface area contributed by atoms with Gasteiger partial charge in [0, 0.05) is 16.1 Å². The molecule has 1 amide bonds. The van der Waals surface area contributed by atoms with E-state index in [2.05, 4.69) is 5.32 Å². The number of ketones is 1. The normalized spacial score (nSPS) is 17.2. The van der Waals surface area contributed by atoms with E-state index >= 15 is 0 Å². The SMILES string of the molecule is O=C(CSc1cccc(NC(=O)C2CC=CCC2C(=O)O)c1)c1ccc(-c2ccccc2)cc1. The second kappa shape index (κ2) is 11.0. The van der Waals surface area contributed by atoms with E-state index in [1.807, 2.05) is 84.9 Å². The molecule has 34 heavy (non-hydrogen) atoms. The molecule has 0 fully saturated rings. The molecule has 3 aromatic carbocycles. The van der Waals surface area contributed by atoms with Crippen molar-refractivity contribution < 1.29 is 19.5 Å². The average molecular weight is 472 g/mol. The highest BCUT2D eigenvalue weighted by Crippen LogP contribution is 2.29. The molecule has 3 aromatic rings. The molecule has 5 nitrogen and oxygen atoms in total. The van der Waals surface area contributed by atoms with Crippen LogP contribution in [0.15, 0.2) is 95.9 Å². The number of carbonyl (C=O) groups is 3. The van der Waals surface area contributed by atoms with Crippen LogP contribution < -0.4 is 5.32 Å². The van der Waals surface area contributed by atoms with Gasteiger partial charge in [0.2, 0.25) is 5.91 Å². The zero-order valence-electron chi connectivity index (χ0n) is 18.5. The van der Waals surface area contributed by atoms with Crippen molar-refractivity contribution in [3.05, 3.63) is 96.6 Å². The van der Waals surface area contributed by atoms with Gasteiger partial charge in [-0.1, -0.05) is 72.8 Å². The summed E-state index contributed by atoms with van der Waals surface area (Å²) in [4.78, 5) is 37.7. The molecule has 1 aliphatic carbocycles. The number of hydrogen-bond donors (Lipinski definition) is 2. The van der Waals surface area contributed by atoms with Crippen molar-refractivity contribution in [1.82, 2.24) is 0 Å². The summed E-state index contributed by atoms with van der Waals surface area (Å²) in [5, 5.41) is 12.3. The molecule has 0 bridgehead atoms. The zero-order valence-corrected chi connectivity index (χ0v) is 19.3. The van der Waals surface area contributed by atoms with E-state index in [4.69, 9.17) is 0 Å². The molecule has 1 aliphatic rings. The summed E-state index contributed by atoms with van der Waals surface area (Å²) in [6.45, 7) is 0. The quantitative estimate of drug-likeness (QED) is 0.242. The van der Waals surface area contributed by atoms with Crippen LogP contribution in [0.25, 0.3) is 11.1 Å². The molecule has 4 rings (SSSR count). The summed E-state index contributed by atoms with van der Waals surface area (Å²) in [6, 6.07) is 24.9. The lowest BCUT2D eigenvalue weighted by Gasteiger charge is -2.24. The first kappa shape index (κ1) is 23.5. The molecule has 0 aromatic heterocycles. The first-order valence-electron chi connectivity index (χ1n) is 11.1. The number of hydrogen-bond acceptors (Lipinski definition) is 4. The third-order valence-corrected chi connectivity index (χ3v) is 6.87. The molecule has 0 saturated heterocycles. The molecular formula is C28H25NO4S. The van der Waals surface area contributed by atoms with Gasteiger partial charge in [-0.25, -0.2) is 0 Å². The fourth-order valence-corrected chi connectivity index (χ4v) is 4.84. The van der Waals surface area contributed by atoms with E-state index in [1.54, 1.807) is 6.07 Å². The number of anilines is 1. The van der Waals surface area contributed by atoms with E-state index in [0.29, 0.717) is 24.1 Å². The second-order valence-corrected chi connectivity index (χ2v) is 9.22. The molecule has 0 aliphatic heterocycles. The van der Waals surface area contributed by atoms with Crippen molar-refractivity contribution >= 4 is 35.1 Å². The smallest absolute Gasteiger partial charge is 0.307 e. The summed E-state index contributed by atoms with van der Waals surface area (Å²) in [5.41, 5.74) is 3.41. The average Bonchev–Trinajstić information content (AvgIpc) is 2.88. The van der Waals surface area contributed by atoms with E-state index in [1.165, 1.54) is 11.8 Å². The van der Waals surface area contributed by atoms with Crippen LogP contribution in [-0.4, -0.2) is 28.5 Å². The molecular weight excluding hydrogens is 446 g/mol. The summed E-state index contributed by atoms with van der Waals surface area (Å²) in [5.74, 6) is -2.26. The summed E-state index contributed by atoms with van der Waals surface area (Å²) >= 11 is 1.40. The van der Waals surface area contributed by atoms with Crippen molar-refractivity contribution in [3.63, 3.8) is 0 Å². The fraction of sp³-hybridized carbons (Fsp3) is 0.179. The molecule has 0 spiro atoms. The lowest BCUT2D eigenvalue weighted by atomic mass is 9.82. The Kier molecular flexibility index (Phi) is 7.60. The molecule has 2 N–H and O–H groups in total. The maximum Gasteiger partial charge on any atom is 0.307 e. The molecule has 0 saturated carbocycles. The minimum Gasteiger partial charge on any atom is -0.481 e. The number of Topliss-reactive ketones (excluding diaryl/α,β-unsaturated/α-hetero) is 1. The van der Waals surface area contributed by atoms with E-state index < -0.39 is 17.8 Å². The number of aliphatic carboxylic acids is 1. The maximum absolute atomic E-state index is 12.7. The summed E-state index contributed by atoms with van der Waals surface area (Å²) < 4.78 is 0. The van der Waals surface area contributed by atoms with E-state index in [0.717, 1.165) is 16.0 Å². The molecule has 172 valence electrons. The number of rotatable bonds is 8. The van der Waals surface area contributed by atoms with Gasteiger partial charge in [-0.2, -0.15) is 0 Å². The van der Waals surface area contributed by atoms with Crippen LogP contribution >= 0.6 is 11.8 Å². The van der Waals surface area contributed by atoms with Crippen molar-refractivity contribution in [2.75, 3.05) is 11.1 Å². The van der Waals surface area contributed by atoms with Crippen LogP contribution in [0, 0.1) is 11.8 Å². The van der Waals surface area contributed by atoms with Crippen molar-refractivity contribution in [2.45, 2.75) is 17.7 Å².